The van der Waals surface area contributed by atoms with Crippen LogP contribution in [0.5, 0.6) is 0 Å². The van der Waals surface area contributed by atoms with Crippen LogP contribution in [-0.2, 0) is 17.6 Å². The number of carbonyl (C=O) groups excluding carboxylic acids is 1. The molecule has 7 nitrogen and oxygen atoms in total. The Bertz CT molecular complexity index is 928. The molecule has 172 valence electrons. The molecule has 1 aromatic heterocycles. The second-order valence-corrected chi connectivity index (χ2v) is 9.42. The van der Waals surface area contributed by atoms with Crippen molar-refractivity contribution in [3.05, 3.63) is 41.1 Å². The van der Waals surface area contributed by atoms with Crippen LogP contribution in [0.4, 0.5) is 0 Å². The third kappa shape index (κ3) is 4.47. The van der Waals surface area contributed by atoms with Gasteiger partial charge in [0.2, 0.25) is 0 Å². The number of piperazine rings is 1. The van der Waals surface area contributed by atoms with Crippen molar-refractivity contribution in [1.29, 1.82) is 0 Å². The first-order valence-electron chi connectivity index (χ1n) is 12.2. The summed E-state index contributed by atoms with van der Waals surface area (Å²) < 4.78 is 5.59. The minimum absolute atomic E-state index is 0.114. The molecule has 0 spiro atoms. The van der Waals surface area contributed by atoms with Crippen molar-refractivity contribution in [3.63, 3.8) is 0 Å². The van der Waals surface area contributed by atoms with E-state index in [1.54, 1.807) is 0 Å². The molecule has 3 aliphatic rings. The van der Waals surface area contributed by atoms with E-state index in [1.807, 2.05) is 0 Å². The molecule has 0 saturated carbocycles. The molecule has 5 rings (SSSR count). The highest BCUT2D eigenvalue weighted by atomic mass is 16.5. The number of rotatable bonds is 6. The van der Waals surface area contributed by atoms with E-state index < -0.39 is 0 Å². The molecule has 1 N–H and O–H groups in total. The van der Waals surface area contributed by atoms with Gasteiger partial charge in [0, 0.05) is 63.1 Å². The maximum absolute atomic E-state index is 13.8. The summed E-state index contributed by atoms with van der Waals surface area (Å²) in [5.74, 6) is 0.114. The maximum Gasteiger partial charge on any atom is 0.272 e. The molecule has 1 amide bonds. The van der Waals surface area contributed by atoms with Crippen molar-refractivity contribution in [3.8, 4) is 11.3 Å². The first-order chi connectivity index (χ1) is 15.7. The Kier molecular flexibility index (Phi) is 6.57. The van der Waals surface area contributed by atoms with Gasteiger partial charge in [0.1, 0.15) is 5.69 Å². The number of hydrogen-bond donors (Lipinski definition) is 1. The molecule has 0 radical (unpaired) electrons. The molecular weight excluding hydrogens is 402 g/mol. The van der Waals surface area contributed by atoms with Crippen LogP contribution in [-0.4, -0.2) is 96.4 Å². The van der Waals surface area contributed by atoms with E-state index in [0.29, 0.717) is 5.69 Å². The zero-order valence-corrected chi connectivity index (χ0v) is 19.2. The van der Waals surface area contributed by atoms with Gasteiger partial charge in [-0.3, -0.25) is 9.89 Å². The van der Waals surface area contributed by atoms with Gasteiger partial charge in [-0.15, -0.1) is 0 Å². The molecule has 2 fully saturated rings. The highest BCUT2D eigenvalue weighted by molar-refractivity contribution is 5.96. The summed E-state index contributed by atoms with van der Waals surface area (Å²) in [5.41, 5.74) is 5.22. The van der Waals surface area contributed by atoms with Crippen molar-refractivity contribution in [2.24, 2.45) is 0 Å². The third-order valence-electron chi connectivity index (χ3n) is 7.36. The van der Waals surface area contributed by atoms with Crippen molar-refractivity contribution < 1.29 is 9.53 Å². The lowest BCUT2D eigenvalue weighted by atomic mass is 9.89. The Labute approximate surface area is 190 Å². The van der Waals surface area contributed by atoms with E-state index in [0.717, 1.165) is 101 Å². The van der Waals surface area contributed by atoms with E-state index in [4.69, 9.17) is 4.74 Å². The Morgan fingerprint density at radius 1 is 1.16 bits per heavy atom. The first-order valence-corrected chi connectivity index (χ1v) is 12.2. The Morgan fingerprint density at radius 2 is 1.94 bits per heavy atom. The second kappa shape index (κ2) is 9.73. The minimum Gasteiger partial charge on any atom is -0.381 e. The number of likely N-dealkylation sites (N-methyl/N-ethyl adjacent to an activating group) is 1. The van der Waals surface area contributed by atoms with E-state index in [1.165, 1.54) is 5.56 Å². The lowest BCUT2D eigenvalue weighted by Crippen LogP contribution is -2.47. The number of fused-ring (bicyclic) bond motifs is 3. The average molecular weight is 438 g/mol. The number of ether oxygens (including phenoxy) is 1. The van der Waals surface area contributed by atoms with Crippen LogP contribution in [0.3, 0.4) is 0 Å². The Morgan fingerprint density at radius 3 is 2.75 bits per heavy atom. The van der Waals surface area contributed by atoms with Gasteiger partial charge < -0.3 is 19.4 Å². The van der Waals surface area contributed by atoms with Crippen LogP contribution >= 0.6 is 0 Å². The molecule has 1 aromatic carbocycles. The summed E-state index contributed by atoms with van der Waals surface area (Å²) >= 11 is 0. The highest BCUT2D eigenvalue weighted by Crippen LogP contribution is 2.34. The number of nitrogens with zero attached hydrogens (tertiary/aromatic N) is 4. The molecular formula is C25H35N5O2. The minimum atomic E-state index is 0.114. The van der Waals surface area contributed by atoms with Crippen LogP contribution in [0.15, 0.2) is 24.3 Å². The van der Waals surface area contributed by atoms with Gasteiger partial charge in [0.25, 0.3) is 5.91 Å². The van der Waals surface area contributed by atoms with Gasteiger partial charge >= 0.3 is 0 Å². The van der Waals surface area contributed by atoms with Crippen LogP contribution in [0.25, 0.3) is 11.3 Å². The zero-order chi connectivity index (χ0) is 21.9. The van der Waals surface area contributed by atoms with Crippen LogP contribution in [0.2, 0.25) is 0 Å². The van der Waals surface area contributed by atoms with Crippen LogP contribution in [0.1, 0.15) is 40.9 Å². The van der Waals surface area contributed by atoms with E-state index >= 15 is 0 Å². The summed E-state index contributed by atoms with van der Waals surface area (Å²) in [6.45, 7) is 7.82. The summed E-state index contributed by atoms with van der Waals surface area (Å²) in [7, 11) is 2.19. The number of aromatic amines is 1. The number of H-pyrrole nitrogens is 1. The Balaban J connectivity index is 1.32. The lowest BCUT2D eigenvalue weighted by molar-refractivity contribution is 0.0272. The number of aromatic nitrogens is 2. The number of hydrogen-bond acceptors (Lipinski definition) is 5. The lowest BCUT2D eigenvalue weighted by Gasteiger charge is -2.36. The topological polar surface area (TPSA) is 64.7 Å². The van der Waals surface area contributed by atoms with E-state index in [2.05, 4.69) is 56.2 Å². The van der Waals surface area contributed by atoms with Gasteiger partial charge in [0.15, 0.2) is 0 Å². The fraction of sp³-hybridized carbons (Fsp3) is 0.600. The first kappa shape index (κ1) is 21.6. The van der Waals surface area contributed by atoms with Gasteiger partial charge in [-0.2, -0.15) is 5.10 Å². The van der Waals surface area contributed by atoms with E-state index in [-0.39, 0.29) is 11.9 Å². The normalized spacial score (nSPS) is 20.0. The molecule has 2 aromatic rings. The van der Waals surface area contributed by atoms with Gasteiger partial charge in [-0.25, -0.2) is 0 Å². The number of carbonyl (C=O) groups is 1. The molecule has 0 bridgehead atoms. The second-order valence-electron chi connectivity index (χ2n) is 9.42. The van der Waals surface area contributed by atoms with Crippen molar-refractivity contribution in [2.45, 2.75) is 38.1 Å². The van der Waals surface area contributed by atoms with Crippen molar-refractivity contribution >= 4 is 5.91 Å². The summed E-state index contributed by atoms with van der Waals surface area (Å²) in [5, 5.41) is 7.73. The van der Waals surface area contributed by atoms with E-state index in [9.17, 15) is 4.79 Å². The van der Waals surface area contributed by atoms with Crippen molar-refractivity contribution in [1.82, 2.24) is 24.9 Å². The SMILES string of the molecule is CN1CCN(CCCN(C(=O)c2[nH]nc3c2CCc2ccccc2-3)C2CCOCC2)CC1. The number of nitrogens with one attached hydrogen (secondary N) is 1. The molecule has 3 heterocycles. The van der Waals surface area contributed by atoms with Crippen molar-refractivity contribution in [2.75, 3.05) is 59.5 Å². The average Bonchev–Trinajstić information content (AvgIpc) is 3.28. The summed E-state index contributed by atoms with van der Waals surface area (Å²) in [6, 6.07) is 8.67. The predicted octanol–water partition coefficient (Wildman–Crippen LogP) is 2.43. The molecule has 32 heavy (non-hydrogen) atoms. The zero-order valence-electron chi connectivity index (χ0n) is 19.2. The quantitative estimate of drug-likeness (QED) is 0.752. The summed E-state index contributed by atoms with van der Waals surface area (Å²) in [4.78, 5) is 20.8. The van der Waals surface area contributed by atoms with Gasteiger partial charge in [-0.1, -0.05) is 24.3 Å². The molecule has 2 aliphatic heterocycles. The smallest absolute Gasteiger partial charge is 0.272 e. The molecule has 0 atom stereocenters. The predicted molar refractivity (Wildman–Crippen MR) is 125 cm³/mol. The van der Waals surface area contributed by atoms with Gasteiger partial charge in [0.05, 0.1) is 5.69 Å². The monoisotopic (exact) mass is 437 g/mol. The highest BCUT2D eigenvalue weighted by Gasteiger charge is 2.31. The molecule has 1 aliphatic carbocycles. The Hall–Kier alpha value is -2.22. The van der Waals surface area contributed by atoms with Gasteiger partial charge in [-0.05, 0) is 51.3 Å². The third-order valence-corrected chi connectivity index (χ3v) is 7.36. The summed E-state index contributed by atoms with van der Waals surface area (Å²) in [6.07, 6.45) is 4.67. The molecule has 7 heteroatoms. The standard InChI is InChI=1S/C25H35N5O2/c1-28-13-15-29(16-14-28)11-4-12-30(20-9-17-32-18-10-20)25(31)24-22-8-7-19-5-2-3-6-21(19)23(22)26-27-24/h2-3,5-6,20H,4,7-18H2,1H3,(H,26,27). The number of benzene rings is 1. The number of aryl methyl sites for hydroxylation is 1. The largest absolute Gasteiger partial charge is 0.381 e. The molecule has 0 unspecified atom stereocenters. The fourth-order valence-electron chi connectivity index (χ4n) is 5.36. The maximum atomic E-state index is 13.8. The fourth-order valence-corrected chi connectivity index (χ4v) is 5.36. The number of amides is 1. The van der Waals surface area contributed by atoms with Crippen LogP contribution < -0.4 is 0 Å². The molecule has 2 saturated heterocycles. The van der Waals surface area contributed by atoms with Crippen LogP contribution in [0, 0.1) is 0 Å².